The molecule has 2 aromatic rings. The second-order valence-corrected chi connectivity index (χ2v) is 6.77. The Balaban J connectivity index is 1.76. The van der Waals surface area contributed by atoms with E-state index in [2.05, 4.69) is 20.5 Å². The molecule has 2 heterocycles. The number of nitrogens with zero attached hydrogens (tertiary/aromatic N) is 3. The van der Waals surface area contributed by atoms with E-state index < -0.39 is 0 Å². The van der Waals surface area contributed by atoms with Crippen LogP contribution in [-0.4, -0.2) is 51.0 Å². The van der Waals surface area contributed by atoms with Crippen LogP contribution in [0, 0.1) is 0 Å². The molecule has 1 aliphatic heterocycles. The molecular formula is C18H24N6O2. The van der Waals surface area contributed by atoms with Crippen molar-refractivity contribution in [1.29, 1.82) is 0 Å². The predicted octanol–water partition coefficient (Wildman–Crippen LogP) is 0.959. The normalized spacial score (nSPS) is 19.8. The molecule has 2 unspecified atom stereocenters. The average molecular weight is 356 g/mol. The zero-order chi connectivity index (χ0) is 18.7. The number of hydrogen-bond acceptors (Lipinski definition) is 5. The number of aromatic nitrogens is 3. The summed E-state index contributed by atoms with van der Waals surface area (Å²) in [7, 11) is 0. The van der Waals surface area contributed by atoms with Gasteiger partial charge in [-0.3, -0.25) is 14.7 Å². The maximum atomic E-state index is 12.4. The van der Waals surface area contributed by atoms with Crippen molar-refractivity contribution in [2.75, 3.05) is 13.1 Å². The van der Waals surface area contributed by atoms with E-state index >= 15 is 0 Å². The van der Waals surface area contributed by atoms with E-state index in [0.717, 1.165) is 0 Å². The molecule has 0 saturated carbocycles. The quantitative estimate of drug-likeness (QED) is 0.738. The summed E-state index contributed by atoms with van der Waals surface area (Å²) in [6, 6.07) is 8.58. The van der Waals surface area contributed by atoms with Crippen LogP contribution >= 0.6 is 0 Å². The van der Waals surface area contributed by atoms with Crippen LogP contribution in [0.3, 0.4) is 0 Å². The molecule has 1 fully saturated rings. The molecule has 0 bridgehead atoms. The average Bonchev–Trinajstić information content (AvgIpc) is 3.28. The standard InChI is InChI=1S/C18H24N6O2/c1-11(2)16-21-17(23-22-16)14-8-13(10-24(14)15(25)9-19)20-18(26)12-6-4-3-5-7-12/h3-7,11,13-14H,8-10,19H2,1-2H3,(H,20,26)(H,21,22,23). The van der Waals surface area contributed by atoms with Gasteiger partial charge in [-0.1, -0.05) is 32.0 Å². The van der Waals surface area contributed by atoms with Gasteiger partial charge in [0, 0.05) is 24.1 Å². The number of amides is 2. The Kier molecular flexibility index (Phi) is 5.32. The molecule has 2 amide bonds. The van der Waals surface area contributed by atoms with Crippen LogP contribution in [0.25, 0.3) is 0 Å². The smallest absolute Gasteiger partial charge is 0.251 e. The highest BCUT2D eigenvalue weighted by atomic mass is 16.2. The van der Waals surface area contributed by atoms with Crippen molar-refractivity contribution in [2.45, 2.75) is 38.3 Å². The third kappa shape index (κ3) is 3.75. The lowest BCUT2D eigenvalue weighted by atomic mass is 10.1. The van der Waals surface area contributed by atoms with E-state index in [0.29, 0.717) is 30.2 Å². The van der Waals surface area contributed by atoms with Crippen molar-refractivity contribution in [3.05, 3.63) is 47.5 Å². The molecule has 4 N–H and O–H groups in total. The molecule has 2 atom stereocenters. The van der Waals surface area contributed by atoms with Gasteiger partial charge in [-0.25, -0.2) is 4.98 Å². The van der Waals surface area contributed by atoms with Gasteiger partial charge in [-0.15, -0.1) is 0 Å². The third-order valence-electron chi connectivity index (χ3n) is 4.52. The molecule has 0 aliphatic carbocycles. The third-order valence-corrected chi connectivity index (χ3v) is 4.52. The first-order chi connectivity index (χ1) is 12.5. The first kappa shape index (κ1) is 18.1. The molecule has 1 aromatic carbocycles. The number of benzene rings is 1. The lowest BCUT2D eigenvalue weighted by Crippen LogP contribution is -2.40. The Bertz CT molecular complexity index is 773. The number of hydrogen-bond donors (Lipinski definition) is 3. The Hall–Kier alpha value is -2.74. The van der Waals surface area contributed by atoms with Crippen molar-refractivity contribution < 1.29 is 9.59 Å². The number of nitrogens with one attached hydrogen (secondary N) is 2. The van der Waals surface area contributed by atoms with Crippen LogP contribution in [0.5, 0.6) is 0 Å². The number of aromatic amines is 1. The maximum absolute atomic E-state index is 12.4. The zero-order valence-electron chi connectivity index (χ0n) is 15.0. The lowest BCUT2D eigenvalue weighted by Gasteiger charge is -2.21. The van der Waals surface area contributed by atoms with Crippen LogP contribution in [0.15, 0.2) is 30.3 Å². The van der Waals surface area contributed by atoms with Crippen molar-refractivity contribution >= 4 is 11.8 Å². The molecule has 26 heavy (non-hydrogen) atoms. The number of rotatable bonds is 5. The molecule has 1 aliphatic rings. The Morgan fingerprint density at radius 3 is 2.69 bits per heavy atom. The highest BCUT2D eigenvalue weighted by Gasteiger charge is 2.38. The second kappa shape index (κ2) is 7.65. The first-order valence-electron chi connectivity index (χ1n) is 8.77. The van der Waals surface area contributed by atoms with Gasteiger partial charge >= 0.3 is 0 Å². The van der Waals surface area contributed by atoms with Gasteiger partial charge in [-0.2, -0.15) is 5.10 Å². The van der Waals surface area contributed by atoms with Crippen molar-refractivity contribution in [3.8, 4) is 0 Å². The second-order valence-electron chi connectivity index (χ2n) is 6.77. The minimum Gasteiger partial charge on any atom is -0.347 e. The monoisotopic (exact) mass is 356 g/mol. The highest BCUT2D eigenvalue weighted by Crippen LogP contribution is 2.30. The molecule has 0 radical (unpaired) electrons. The van der Waals surface area contributed by atoms with Crippen LogP contribution in [0.1, 0.15) is 54.2 Å². The minimum atomic E-state index is -0.271. The van der Waals surface area contributed by atoms with Gasteiger partial charge in [0.2, 0.25) is 5.91 Å². The maximum Gasteiger partial charge on any atom is 0.251 e. The number of likely N-dealkylation sites (tertiary alicyclic amines) is 1. The van der Waals surface area contributed by atoms with Crippen LogP contribution in [-0.2, 0) is 4.79 Å². The molecule has 138 valence electrons. The summed E-state index contributed by atoms with van der Waals surface area (Å²) in [5.74, 6) is 1.20. The lowest BCUT2D eigenvalue weighted by molar-refractivity contribution is -0.130. The van der Waals surface area contributed by atoms with E-state index in [9.17, 15) is 9.59 Å². The number of carbonyl (C=O) groups excluding carboxylic acids is 2. The van der Waals surface area contributed by atoms with Crippen LogP contribution < -0.4 is 11.1 Å². The van der Waals surface area contributed by atoms with Gasteiger partial charge in [-0.05, 0) is 18.6 Å². The predicted molar refractivity (Wildman–Crippen MR) is 96.3 cm³/mol. The summed E-state index contributed by atoms with van der Waals surface area (Å²) in [6.45, 7) is 4.33. The summed E-state index contributed by atoms with van der Waals surface area (Å²) in [5, 5.41) is 10.2. The van der Waals surface area contributed by atoms with E-state index in [1.807, 2.05) is 32.0 Å². The molecule has 1 aromatic heterocycles. The summed E-state index contributed by atoms with van der Waals surface area (Å²) in [5.41, 5.74) is 6.15. The summed E-state index contributed by atoms with van der Waals surface area (Å²) in [6.07, 6.45) is 0.567. The minimum absolute atomic E-state index is 0.0823. The Morgan fingerprint density at radius 2 is 2.08 bits per heavy atom. The molecule has 8 nitrogen and oxygen atoms in total. The number of carbonyl (C=O) groups is 2. The zero-order valence-corrected chi connectivity index (χ0v) is 15.0. The SMILES string of the molecule is CC(C)c1n[nH]c(C2CC(NC(=O)c3ccccc3)CN2C(=O)CN)n1. The fraction of sp³-hybridized carbons (Fsp3) is 0.444. The molecule has 0 spiro atoms. The Morgan fingerprint density at radius 1 is 1.35 bits per heavy atom. The Labute approximate surface area is 152 Å². The van der Waals surface area contributed by atoms with Crippen molar-refractivity contribution in [2.24, 2.45) is 5.73 Å². The van der Waals surface area contributed by atoms with Crippen molar-refractivity contribution in [1.82, 2.24) is 25.4 Å². The van der Waals surface area contributed by atoms with Gasteiger partial charge in [0.05, 0.1) is 12.6 Å². The van der Waals surface area contributed by atoms with E-state index in [1.54, 1.807) is 17.0 Å². The molecular weight excluding hydrogens is 332 g/mol. The van der Waals surface area contributed by atoms with Gasteiger partial charge in [0.15, 0.2) is 5.82 Å². The van der Waals surface area contributed by atoms with E-state index in [1.165, 1.54) is 0 Å². The van der Waals surface area contributed by atoms with Gasteiger partial charge in [0.25, 0.3) is 5.91 Å². The van der Waals surface area contributed by atoms with E-state index in [-0.39, 0.29) is 36.4 Å². The highest BCUT2D eigenvalue weighted by molar-refractivity contribution is 5.94. The topological polar surface area (TPSA) is 117 Å². The largest absolute Gasteiger partial charge is 0.347 e. The summed E-state index contributed by atoms with van der Waals surface area (Å²) in [4.78, 5) is 30.9. The first-order valence-corrected chi connectivity index (χ1v) is 8.77. The van der Waals surface area contributed by atoms with Crippen LogP contribution in [0.4, 0.5) is 0 Å². The summed E-state index contributed by atoms with van der Waals surface area (Å²) >= 11 is 0. The van der Waals surface area contributed by atoms with Crippen molar-refractivity contribution in [3.63, 3.8) is 0 Å². The fourth-order valence-electron chi connectivity index (χ4n) is 3.15. The van der Waals surface area contributed by atoms with Gasteiger partial charge in [0.1, 0.15) is 5.82 Å². The van der Waals surface area contributed by atoms with Crippen LogP contribution in [0.2, 0.25) is 0 Å². The van der Waals surface area contributed by atoms with E-state index in [4.69, 9.17) is 5.73 Å². The number of H-pyrrole nitrogens is 1. The van der Waals surface area contributed by atoms with Gasteiger partial charge < -0.3 is 16.0 Å². The molecule has 3 rings (SSSR count). The fourth-order valence-corrected chi connectivity index (χ4v) is 3.15. The number of nitrogens with two attached hydrogens (primary N) is 1. The molecule has 8 heteroatoms. The molecule has 1 saturated heterocycles. The summed E-state index contributed by atoms with van der Waals surface area (Å²) < 4.78 is 0.